The van der Waals surface area contributed by atoms with E-state index < -0.39 is 28.5 Å². The molecule has 0 aromatic heterocycles. The van der Waals surface area contributed by atoms with Gasteiger partial charge in [-0.3, -0.25) is 13.9 Å². The Hall–Kier alpha value is -5.03. The monoisotopic (exact) mass is 659 g/mol. The SMILES string of the molecule is COc1ccc(S(=O)(=O)N(CC(=O)N(Cc2cccc(OC)c2)C(Cc2ccccc2)C(=O)NC(C)C)c2ccccc2OC)cc1. The van der Waals surface area contributed by atoms with Crippen LogP contribution in [0.25, 0.3) is 0 Å². The number of nitrogens with zero attached hydrogens (tertiary/aromatic N) is 2. The highest BCUT2D eigenvalue weighted by molar-refractivity contribution is 7.92. The van der Waals surface area contributed by atoms with Crippen molar-refractivity contribution in [3.8, 4) is 17.2 Å². The number of rotatable bonds is 15. The van der Waals surface area contributed by atoms with Gasteiger partial charge in [0.2, 0.25) is 11.8 Å². The van der Waals surface area contributed by atoms with E-state index in [4.69, 9.17) is 14.2 Å². The molecule has 0 fully saturated rings. The molecule has 1 unspecified atom stereocenters. The Kier molecular flexibility index (Phi) is 11.9. The molecular weight excluding hydrogens is 618 g/mol. The van der Waals surface area contributed by atoms with Gasteiger partial charge in [-0.15, -0.1) is 0 Å². The van der Waals surface area contributed by atoms with E-state index >= 15 is 0 Å². The van der Waals surface area contributed by atoms with E-state index in [9.17, 15) is 18.0 Å². The average Bonchev–Trinajstić information content (AvgIpc) is 3.08. The third-order valence-electron chi connectivity index (χ3n) is 7.47. The van der Waals surface area contributed by atoms with Gasteiger partial charge in [-0.2, -0.15) is 0 Å². The van der Waals surface area contributed by atoms with Crippen LogP contribution in [0.15, 0.2) is 108 Å². The molecular formula is C36H41N3O7S. The average molecular weight is 660 g/mol. The van der Waals surface area contributed by atoms with Crippen molar-refractivity contribution in [2.75, 3.05) is 32.2 Å². The quantitative estimate of drug-likeness (QED) is 0.190. The Bertz CT molecular complexity index is 1750. The van der Waals surface area contributed by atoms with Crippen LogP contribution in [-0.4, -0.2) is 65.1 Å². The molecule has 0 radical (unpaired) electrons. The van der Waals surface area contributed by atoms with E-state index in [0.717, 1.165) is 9.87 Å². The van der Waals surface area contributed by atoms with Crippen molar-refractivity contribution < 1.29 is 32.2 Å². The van der Waals surface area contributed by atoms with E-state index in [1.165, 1.54) is 43.4 Å². The molecule has 0 saturated heterocycles. The summed E-state index contributed by atoms with van der Waals surface area (Å²) in [6.45, 7) is 3.09. The molecule has 2 amide bonds. The van der Waals surface area contributed by atoms with Gasteiger partial charge in [0.25, 0.3) is 10.0 Å². The van der Waals surface area contributed by atoms with Crippen LogP contribution in [0.5, 0.6) is 17.2 Å². The van der Waals surface area contributed by atoms with E-state index in [2.05, 4.69) is 5.32 Å². The van der Waals surface area contributed by atoms with Gasteiger partial charge in [0.1, 0.15) is 29.8 Å². The van der Waals surface area contributed by atoms with Crippen molar-refractivity contribution in [3.05, 3.63) is 114 Å². The summed E-state index contributed by atoms with van der Waals surface area (Å²) in [6, 6.07) is 27.9. The van der Waals surface area contributed by atoms with Crippen molar-refractivity contribution in [3.63, 3.8) is 0 Å². The zero-order valence-electron chi connectivity index (χ0n) is 27.3. The first-order valence-electron chi connectivity index (χ1n) is 15.1. The fraction of sp³-hybridized carbons (Fsp3) is 0.278. The molecule has 1 N–H and O–H groups in total. The maximum Gasteiger partial charge on any atom is 0.264 e. The van der Waals surface area contributed by atoms with Gasteiger partial charge in [0.15, 0.2) is 0 Å². The molecule has 4 aromatic rings. The molecule has 0 saturated carbocycles. The number of para-hydroxylation sites is 2. The fourth-order valence-corrected chi connectivity index (χ4v) is 6.55. The lowest BCUT2D eigenvalue weighted by molar-refractivity contribution is -0.140. The second kappa shape index (κ2) is 16.0. The molecule has 10 nitrogen and oxygen atoms in total. The van der Waals surface area contributed by atoms with Crippen LogP contribution < -0.4 is 23.8 Å². The minimum atomic E-state index is -4.32. The number of methoxy groups -OCH3 is 3. The normalized spacial score (nSPS) is 11.8. The van der Waals surface area contributed by atoms with E-state index in [0.29, 0.717) is 17.1 Å². The van der Waals surface area contributed by atoms with E-state index in [1.807, 2.05) is 50.2 Å². The number of hydrogen-bond acceptors (Lipinski definition) is 7. The summed E-state index contributed by atoms with van der Waals surface area (Å²) in [4.78, 5) is 29.9. The number of hydrogen-bond donors (Lipinski definition) is 1. The molecule has 0 aliphatic rings. The van der Waals surface area contributed by atoms with Crippen LogP contribution in [-0.2, 0) is 32.6 Å². The summed E-state index contributed by atoms with van der Waals surface area (Å²) >= 11 is 0. The largest absolute Gasteiger partial charge is 0.497 e. The number of sulfonamides is 1. The van der Waals surface area contributed by atoms with Gasteiger partial charge in [0, 0.05) is 19.0 Å². The molecule has 47 heavy (non-hydrogen) atoms. The summed E-state index contributed by atoms with van der Waals surface area (Å²) in [6.07, 6.45) is 0.203. The summed E-state index contributed by atoms with van der Waals surface area (Å²) in [7, 11) is 0.147. The summed E-state index contributed by atoms with van der Waals surface area (Å²) in [5.74, 6) is 0.375. The first-order valence-corrected chi connectivity index (χ1v) is 16.6. The minimum absolute atomic E-state index is 0.0153. The predicted molar refractivity (Wildman–Crippen MR) is 181 cm³/mol. The highest BCUT2D eigenvalue weighted by Gasteiger charge is 2.35. The van der Waals surface area contributed by atoms with Crippen molar-refractivity contribution in [2.45, 2.75) is 43.8 Å². The van der Waals surface area contributed by atoms with Crippen LogP contribution >= 0.6 is 0 Å². The third-order valence-corrected chi connectivity index (χ3v) is 9.24. The second-order valence-electron chi connectivity index (χ2n) is 11.1. The van der Waals surface area contributed by atoms with Gasteiger partial charge in [-0.05, 0) is 73.5 Å². The van der Waals surface area contributed by atoms with Crippen molar-refractivity contribution in [2.24, 2.45) is 0 Å². The second-order valence-corrected chi connectivity index (χ2v) is 13.0. The lowest BCUT2D eigenvalue weighted by Gasteiger charge is -2.34. The molecule has 0 aliphatic heterocycles. The molecule has 0 heterocycles. The number of anilines is 1. The molecule has 0 bridgehead atoms. The lowest BCUT2D eigenvalue weighted by Crippen LogP contribution is -2.54. The molecule has 248 valence electrons. The first kappa shape index (κ1) is 34.8. The Morgan fingerprint density at radius 3 is 2.02 bits per heavy atom. The zero-order valence-corrected chi connectivity index (χ0v) is 28.1. The summed E-state index contributed by atoms with van der Waals surface area (Å²) < 4.78 is 45.8. The van der Waals surface area contributed by atoms with Gasteiger partial charge >= 0.3 is 0 Å². The number of benzene rings is 4. The topological polar surface area (TPSA) is 114 Å². The molecule has 11 heteroatoms. The summed E-state index contributed by atoms with van der Waals surface area (Å²) in [5.41, 5.74) is 1.72. The Morgan fingerprint density at radius 2 is 1.38 bits per heavy atom. The van der Waals surface area contributed by atoms with Crippen molar-refractivity contribution >= 4 is 27.5 Å². The van der Waals surface area contributed by atoms with E-state index in [-0.39, 0.29) is 41.2 Å². The number of nitrogens with one attached hydrogen (secondary N) is 1. The maximum atomic E-state index is 14.6. The number of amides is 2. The smallest absolute Gasteiger partial charge is 0.264 e. The number of ether oxygens (including phenoxy) is 3. The van der Waals surface area contributed by atoms with Crippen LogP contribution in [0, 0.1) is 0 Å². The lowest BCUT2D eigenvalue weighted by atomic mass is 10.0. The van der Waals surface area contributed by atoms with Gasteiger partial charge in [-0.1, -0.05) is 54.6 Å². The third kappa shape index (κ3) is 8.82. The molecule has 1 atom stereocenters. The zero-order chi connectivity index (χ0) is 34.0. The van der Waals surface area contributed by atoms with E-state index in [1.54, 1.807) is 49.6 Å². The fourth-order valence-electron chi connectivity index (χ4n) is 5.13. The van der Waals surface area contributed by atoms with Gasteiger partial charge in [0.05, 0.1) is 31.9 Å². The minimum Gasteiger partial charge on any atom is -0.497 e. The van der Waals surface area contributed by atoms with Crippen molar-refractivity contribution in [1.29, 1.82) is 0 Å². The predicted octanol–water partition coefficient (Wildman–Crippen LogP) is 5.07. The van der Waals surface area contributed by atoms with Crippen LogP contribution in [0.2, 0.25) is 0 Å². The molecule has 0 aliphatic carbocycles. The highest BCUT2D eigenvalue weighted by Crippen LogP contribution is 2.33. The van der Waals surface area contributed by atoms with Gasteiger partial charge in [-0.25, -0.2) is 8.42 Å². The molecule has 0 spiro atoms. The van der Waals surface area contributed by atoms with Gasteiger partial charge < -0.3 is 24.4 Å². The molecule has 4 rings (SSSR count). The number of carbonyl (C=O) groups is 2. The first-order chi connectivity index (χ1) is 22.6. The van der Waals surface area contributed by atoms with Crippen LogP contribution in [0.4, 0.5) is 5.69 Å². The highest BCUT2D eigenvalue weighted by atomic mass is 32.2. The Morgan fingerprint density at radius 1 is 0.745 bits per heavy atom. The van der Waals surface area contributed by atoms with Crippen LogP contribution in [0.3, 0.4) is 0 Å². The van der Waals surface area contributed by atoms with Crippen LogP contribution in [0.1, 0.15) is 25.0 Å². The Balaban J connectivity index is 1.84. The van der Waals surface area contributed by atoms with Crippen molar-refractivity contribution in [1.82, 2.24) is 10.2 Å². The maximum absolute atomic E-state index is 14.6. The summed E-state index contributed by atoms with van der Waals surface area (Å²) in [5, 5.41) is 2.96. The standard InChI is InChI=1S/C36H41N3O7S/c1-26(2)37-36(41)33(23-27-12-7-6-8-13-27)38(24-28-14-11-15-30(22-28)45-4)35(40)25-39(32-16-9-10-17-34(32)46-5)47(42,43)31-20-18-29(44-3)19-21-31/h6-22,26,33H,23-25H2,1-5H3,(H,37,41). The number of carbonyl (C=O) groups excluding carboxylic acids is 2. The molecule has 4 aromatic carbocycles. The Labute approximate surface area is 276 Å².